The highest BCUT2D eigenvalue weighted by Gasteiger charge is 2.35. The fraction of sp³-hybridized carbons (Fsp3) is 0.280. The second kappa shape index (κ2) is 8.93. The summed E-state index contributed by atoms with van der Waals surface area (Å²) in [5, 5.41) is 1.61. The third-order valence-corrected chi connectivity index (χ3v) is 6.68. The molecular weight excluding hydrogens is 428 g/mol. The average molecular weight is 453 g/mol. The lowest BCUT2D eigenvalue weighted by molar-refractivity contribution is -0.123. The van der Waals surface area contributed by atoms with Crippen molar-refractivity contribution in [3.8, 4) is 0 Å². The van der Waals surface area contributed by atoms with Crippen LogP contribution in [0.5, 0.6) is 0 Å². The molecule has 2 aromatic carbocycles. The monoisotopic (exact) mass is 452 g/mol. The van der Waals surface area contributed by atoms with Gasteiger partial charge in [0.1, 0.15) is 0 Å². The van der Waals surface area contributed by atoms with Gasteiger partial charge in [0.2, 0.25) is 0 Å². The molecule has 2 heterocycles. The minimum Gasteiger partial charge on any atom is -0.342 e. The van der Waals surface area contributed by atoms with Gasteiger partial charge in [-0.15, -0.1) is 0 Å². The van der Waals surface area contributed by atoms with Crippen molar-refractivity contribution in [3.63, 3.8) is 0 Å². The Morgan fingerprint density at radius 3 is 2.52 bits per heavy atom. The summed E-state index contributed by atoms with van der Waals surface area (Å²) >= 11 is 7.44. The van der Waals surface area contributed by atoms with Crippen LogP contribution in [0.15, 0.2) is 53.6 Å². The summed E-state index contributed by atoms with van der Waals surface area (Å²) < 4.78 is 2.19. The van der Waals surface area contributed by atoms with Gasteiger partial charge in [-0.25, -0.2) is 0 Å². The molecule has 0 bridgehead atoms. The summed E-state index contributed by atoms with van der Waals surface area (Å²) in [4.78, 5) is 27.1. The van der Waals surface area contributed by atoms with Crippen molar-refractivity contribution in [1.82, 2.24) is 9.47 Å². The fourth-order valence-corrected chi connectivity index (χ4v) is 5.00. The van der Waals surface area contributed by atoms with E-state index in [-0.39, 0.29) is 17.1 Å². The van der Waals surface area contributed by atoms with E-state index in [2.05, 4.69) is 29.8 Å². The number of hydrogen-bond donors (Lipinski definition) is 0. The summed E-state index contributed by atoms with van der Waals surface area (Å²) in [5.41, 5.74) is 4.35. The van der Waals surface area contributed by atoms with Crippen LogP contribution in [-0.2, 0) is 17.8 Å². The highest BCUT2D eigenvalue weighted by molar-refractivity contribution is 8.18. The number of benzene rings is 2. The summed E-state index contributed by atoms with van der Waals surface area (Å²) in [5.74, 6) is 0.0276. The average Bonchev–Trinajstić information content (AvgIpc) is 3.22. The van der Waals surface area contributed by atoms with Crippen LogP contribution in [0.3, 0.4) is 0 Å². The number of halogens is 1. The number of carbonyl (C=O) groups excluding carboxylic acids is 2. The molecule has 0 saturated carbocycles. The number of aromatic nitrogens is 1. The quantitative estimate of drug-likeness (QED) is 0.396. The zero-order valence-corrected chi connectivity index (χ0v) is 19.5. The Balaban J connectivity index is 1.79. The number of aryl methyl sites for hydroxylation is 1. The van der Waals surface area contributed by atoms with Gasteiger partial charge in [0.25, 0.3) is 11.1 Å². The van der Waals surface area contributed by atoms with Crippen molar-refractivity contribution in [2.45, 2.75) is 33.7 Å². The Labute approximate surface area is 191 Å². The maximum atomic E-state index is 12.8. The standard InChI is InChI=1S/C25H25ClN2O2S/c1-4-17-9-7-10-20-19(12-22-24(29)28(13-16(2)3)25(30)31-22)15-27(23(17)20)14-18-8-5-6-11-21(18)26/h5-12,15-16H,4,13-14H2,1-3H3/b22-12-. The number of para-hydroxylation sites is 1. The zero-order chi connectivity index (χ0) is 22.1. The highest BCUT2D eigenvalue weighted by Crippen LogP contribution is 2.35. The van der Waals surface area contributed by atoms with E-state index in [1.54, 1.807) is 0 Å². The van der Waals surface area contributed by atoms with Gasteiger partial charge in [-0.1, -0.05) is 68.8 Å². The van der Waals surface area contributed by atoms with Crippen LogP contribution < -0.4 is 0 Å². The molecule has 4 nitrogen and oxygen atoms in total. The number of fused-ring (bicyclic) bond motifs is 1. The molecule has 3 aromatic rings. The van der Waals surface area contributed by atoms with Gasteiger partial charge in [0.05, 0.1) is 10.4 Å². The molecule has 31 heavy (non-hydrogen) atoms. The lowest BCUT2D eigenvalue weighted by Crippen LogP contribution is -2.31. The minimum atomic E-state index is -0.206. The van der Waals surface area contributed by atoms with Crippen molar-refractivity contribution >= 4 is 51.5 Å². The number of carbonyl (C=O) groups is 2. The summed E-state index contributed by atoms with van der Waals surface area (Å²) in [6.45, 7) is 7.22. The Morgan fingerprint density at radius 1 is 1.06 bits per heavy atom. The van der Waals surface area contributed by atoms with Crippen molar-refractivity contribution in [2.75, 3.05) is 6.54 Å². The number of nitrogens with zero attached hydrogens (tertiary/aromatic N) is 2. The van der Waals surface area contributed by atoms with Gasteiger partial charge in [-0.2, -0.15) is 0 Å². The van der Waals surface area contributed by atoms with Crippen LogP contribution in [-0.4, -0.2) is 27.2 Å². The molecule has 1 saturated heterocycles. The third-order valence-electron chi connectivity index (χ3n) is 5.40. The first kappa shape index (κ1) is 21.7. The lowest BCUT2D eigenvalue weighted by Gasteiger charge is -2.14. The van der Waals surface area contributed by atoms with Gasteiger partial charge < -0.3 is 4.57 Å². The zero-order valence-electron chi connectivity index (χ0n) is 17.9. The van der Waals surface area contributed by atoms with Crippen LogP contribution in [0.1, 0.15) is 37.5 Å². The van der Waals surface area contributed by atoms with Gasteiger partial charge in [0, 0.05) is 35.3 Å². The fourth-order valence-electron chi connectivity index (χ4n) is 3.96. The number of imide groups is 1. The number of thioether (sulfide) groups is 1. The first-order valence-corrected chi connectivity index (χ1v) is 11.7. The Morgan fingerprint density at radius 2 is 1.81 bits per heavy atom. The smallest absolute Gasteiger partial charge is 0.293 e. The molecule has 1 aliphatic heterocycles. The van der Waals surface area contributed by atoms with Crippen LogP contribution in [0.4, 0.5) is 4.79 Å². The summed E-state index contributed by atoms with van der Waals surface area (Å²) in [6.07, 6.45) is 4.81. The first-order chi connectivity index (χ1) is 14.9. The predicted molar refractivity (Wildman–Crippen MR) is 129 cm³/mol. The van der Waals surface area contributed by atoms with E-state index >= 15 is 0 Å². The lowest BCUT2D eigenvalue weighted by atomic mass is 10.1. The van der Waals surface area contributed by atoms with Gasteiger partial charge in [0.15, 0.2) is 0 Å². The van der Waals surface area contributed by atoms with E-state index in [1.807, 2.05) is 50.3 Å². The van der Waals surface area contributed by atoms with Crippen LogP contribution in [0.2, 0.25) is 5.02 Å². The largest absolute Gasteiger partial charge is 0.342 e. The molecule has 2 amide bonds. The molecule has 0 aliphatic carbocycles. The molecule has 0 atom stereocenters. The number of rotatable bonds is 6. The predicted octanol–water partition coefficient (Wildman–Crippen LogP) is 6.60. The van der Waals surface area contributed by atoms with E-state index in [9.17, 15) is 9.59 Å². The Kier molecular flexibility index (Phi) is 6.26. The second-order valence-electron chi connectivity index (χ2n) is 8.16. The van der Waals surface area contributed by atoms with E-state index in [0.717, 1.165) is 45.2 Å². The topological polar surface area (TPSA) is 42.3 Å². The normalized spacial score (nSPS) is 15.8. The molecule has 1 fully saturated rings. The van der Waals surface area contributed by atoms with Crippen LogP contribution >= 0.6 is 23.4 Å². The SMILES string of the molecule is CCc1cccc2c(/C=C3\SC(=O)N(CC(C)C)C3=O)cn(Cc3ccccc3Cl)c12. The van der Waals surface area contributed by atoms with Crippen molar-refractivity contribution < 1.29 is 9.59 Å². The van der Waals surface area contributed by atoms with Crippen molar-refractivity contribution in [1.29, 1.82) is 0 Å². The maximum absolute atomic E-state index is 12.8. The maximum Gasteiger partial charge on any atom is 0.293 e. The Hall–Kier alpha value is -2.50. The molecule has 0 unspecified atom stereocenters. The van der Waals surface area contributed by atoms with E-state index in [4.69, 9.17) is 11.6 Å². The first-order valence-electron chi connectivity index (χ1n) is 10.5. The van der Waals surface area contributed by atoms with Gasteiger partial charge in [-0.05, 0) is 47.4 Å². The molecule has 1 aliphatic rings. The van der Waals surface area contributed by atoms with Crippen molar-refractivity contribution in [3.05, 3.63) is 75.3 Å². The summed E-state index contributed by atoms with van der Waals surface area (Å²) in [6, 6.07) is 14.1. The third kappa shape index (κ3) is 4.30. The molecule has 160 valence electrons. The molecule has 0 radical (unpaired) electrons. The highest BCUT2D eigenvalue weighted by atomic mass is 35.5. The van der Waals surface area contributed by atoms with Crippen molar-refractivity contribution in [2.24, 2.45) is 5.92 Å². The van der Waals surface area contributed by atoms with Crippen LogP contribution in [0, 0.1) is 5.92 Å². The number of hydrogen-bond acceptors (Lipinski definition) is 3. The van der Waals surface area contributed by atoms with E-state index in [0.29, 0.717) is 18.0 Å². The molecule has 1 aromatic heterocycles. The van der Waals surface area contributed by atoms with E-state index in [1.165, 1.54) is 10.5 Å². The summed E-state index contributed by atoms with van der Waals surface area (Å²) in [7, 11) is 0. The molecular formula is C25H25ClN2O2S. The molecule has 0 spiro atoms. The second-order valence-corrected chi connectivity index (χ2v) is 9.56. The Bertz CT molecular complexity index is 1200. The number of amides is 2. The van der Waals surface area contributed by atoms with Crippen LogP contribution in [0.25, 0.3) is 17.0 Å². The van der Waals surface area contributed by atoms with Gasteiger partial charge in [-0.3, -0.25) is 14.5 Å². The van der Waals surface area contributed by atoms with E-state index < -0.39 is 0 Å². The molecule has 4 rings (SSSR count). The molecule has 6 heteroatoms. The minimum absolute atomic E-state index is 0.195. The molecule has 0 N–H and O–H groups in total. The van der Waals surface area contributed by atoms with Gasteiger partial charge >= 0.3 is 0 Å².